The molecular formula is C15H15BrN2O3. The number of nitrogens with zero attached hydrogens (tertiary/aromatic N) is 1. The van der Waals surface area contributed by atoms with Crippen molar-refractivity contribution in [2.45, 2.75) is 6.54 Å². The van der Waals surface area contributed by atoms with Crippen LogP contribution < -0.4 is 10.3 Å². The minimum absolute atomic E-state index is 0.119. The molecule has 0 fully saturated rings. The monoisotopic (exact) mass is 350 g/mol. The molecule has 0 aliphatic heterocycles. The van der Waals surface area contributed by atoms with Crippen LogP contribution in [0.3, 0.4) is 0 Å². The first-order chi connectivity index (χ1) is 10.0. The summed E-state index contributed by atoms with van der Waals surface area (Å²) in [7, 11) is 3.23. The van der Waals surface area contributed by atoms with Crippen LogP contribution >= 0.6 is 15.9 Å². The van der Waals surface area contributed by atoms with Gasteiger partial charge in [-0.3, -0.25) is 9.59 Å². The van der Waals surface area contributed by atoms with Crippen molar-refractivity contribution >= 4 is 21.8 Å². The van der Waals surface area contributed by atoms with Crippen molar-refractivity contribution in [3.05, 3.63) is 62.5 Å². The summed E-state index contributed by atoms with van der Waals surface area (Å²) in [6.45, 7) is 0.343. The molecule has 0 radical (unpaired) electrons. The van der Waals surface area contributed by atoms with Gasteiger partial charge >= 0.3 is 0 Å². The summed E-state index contributed by atoms with van der Waals surface area (Å²) in [5.41, 5.74) is 0.583. The van der Waals surface area contributed by atoms with Gasteiger partial charge in [0.15, 0.2) is 0 Å². The molecule has 1 aromatic carbocycles. The maximum Gasteiger partial charge on any atom is 0.260 e. The molecule has 0 aliphatic rings. The van der Waals surface area contributed by atoms with Gasteiger partial charge in [-0.1, -0.05) is 15.9 Å². The van der Waals surface area contributed by atoms with Gasteiger partial charge in [-0.05, 0) is 30.3 Å². The van der Waals surface area contributed by atoms with Crippen molar-refractivity contribution in [2.24, 2.45) is 0 Å². The summed E-state index contributed by atoms with van der Waals surface area (Å²) < 4.78 is 6.18. The lowest BCUT2D eigenvalue weighted by atomic mass is 10.1. The third-order valence-corrected chi connectivity index (χ3v) is 3.54. The highest BCUT2D eigenvalue weighted by atomic mass is 79.9. The van der Waals surface area contributed by atoms with E-state index in [4.69, 9.17) is 4.74 Å². The molecule has 5 nitrogen and oxygen atoms in total. The predicted molar refractivity (Wildman–Crippen MR) is 83.6 cm³/mol. The summed E-state index contributed by atoms with van der Waals surface area (Å²) in [6.07, 6.45) is 1.50. The Hall–Kier alpha value is -2.08. The van der Waals surface area contributed by atoms with Crippen molar-refractivity contribution in [1.82, 2.24) is 9.88 Å². The lowest BCUT2D eigenvalue weighted by molar-refractivity contribution is 0.0782. The van der Waals surface area contributed by atoms with Gasteiger partial charge in [0.1, 0.15) is 11.3 Å². The number of carbonyl (C=O) groups is 1. The minimum Gasteiger partial charge on any atom is -0.496 e. The predicted octanol–water partition coefficient (Wildman–Crippen LogP) is 2.42. The van der Waals surface area contributed by atoms with E-state index in [0.29, 0.717) is 12.3 Å². The van der Waals surface area contributed by atoms with Crippen molar-refractivity contribution < 1.29 is 9.53 Å². The molecule has 1 aromatic heterocycles. The van der Waals surface area contributed by atoms with Gasteiger partial charge in [0.05, 0.1) is 7.11 Å². The van der Waals surface area contributed by atoms with Crippen LogP contribution in [0, 0.1) is 0 Å². The first-order valence-electron chi connectivity index (χ1n) is 6.28. The highest BCUT2D eigenvalue weighted by Gasteiger charge is 2.16. The van der Waals surface area contributed by atoms with E-state index in [0.717, 1.165) is 10.0 Å². The van der Waals surface area contributed by atoms with Gasteiger partial charge in [-0.25, -0.2) is 0 Å². The Morgan fingerprint density at radius 1 is 1.38 bits per heavy atom. The SMILES string of the molecule is COc1ccc(Br)cc1CN(C)C(=O)c1ccc[nH]c1=O. The number of nitrogens with one attached hydrogen (secondary N) is 1. The number of methoxy groups -OCH3 is 1. The fourth-order valence-electron chi connectivity index (χ4n) is 1.99. The summed E-state index contributed by atoms with van der Waals surface area (Å²) in [5, 5.41) is 0. The number of hydrogen-bond donors (Lipinski definition) is 1. The zero-order chi connectivity index (χ0) is 15.4. The number of ether oxygens (including phenoxy) is 1. The zero-order valence-electron chi connectivity index (χ0n) is 11.7. The van der Waals surface area contributed by atoms with Crippen molar-refractivity contribution in [2.75, 3.05) is 14.2 Å². The molecule has 21 heavy (non-hydrogen) atoms. The number of halogens is 1. The number of carbonyl (C=O) groups excluding carboxylic acids is 1. The van der Waals surface area contributed by atoms with Gasteiger partial charge in [0.2, 0.25) is 0 Å². The molecule has 110 valence electrons. The van der Waals surface area contributed by atoms with E-state index in [-0.39, 0.29) is 11.5 Å². The Labute approximate surface area is 130 Å². The molecule has 0 aliphatic carbocycles. The number of hydrogen-bond acceptors (Lipinski definition) is 3. The molecule has 0 atom stereocenters. The maximum absolute atomic E-state index is 12.3. The van der Waals surface area contributed by atoms with E-state index in [1.165, 1.54) is 17.2 Å². The van der Waals surface area contributed by atoms with Gasteiger partial charge in [0.25, 0.3) is 11.5 Å². The van der Waals surface area contributed by atoms with E-state index in [1.54, 1.807) is 20.2 Å². The fourth-order valence-corrected chi connectivity index (χ4v) is 2.40. The van der Waals surface area contributed by atoms with Crippen molar-refractivity contribution in [3.63, 3.8) is 0 Å². The average Bonchev–Trinajstić information content (AvgIpc) is 2.47. The topological polar surface area (TPSA) is 62.4 Å². The minimum atomic E-state index is -0.393. The Morgan fingerprint density at radius 2 is 2.14 bits per heavy atom. The molecule has 0 unspecified atom stereocenters. The van der Waals surface area contributed by atoms with Crippen LogP contribution in [-0.2, 0) is 6.54 Å². The van der Waals surface area contributed by atoms with E-state index in [2.05, 4.69) is 20.9 Å². The Morgan fingerprint density at radius 3 is 2.81 bits per heavy atom. The molecule has 1 N–H and O–H groups in total. The first kappa shape index (κ1) is 15.3. The second-order valence-corrected chi connectivity index (χ2v) is 5.45. The molecule has 0 spiro atoms. The number of H-pyrrole nitrogens is 1. The standard InChI is InChI=1S/C15H15BrN2O3/c1-18(15(20)12-4-3-7-17-14(12)19)9-10-8-11(16)5-6-13(10)21-2/h3-8H,9H2,1-2H3,(H,17,19). The second-order valence-electron chi connectivity index (χ2n) is 4.53. The molecule has 1 heterocycles. The Balaban J connectivity index is 2.24. The van der Waals surface area contributed by atoms with Crippen LogP contribution in [0.4, 0.5) is 0 Å². The fraction of sp³-hybridized carbons (Fsp3) is 0.200. The second kappa shape index (κ2) is 6.58. The van der Waals surface area contributed by atoms with Gasteiger partial charge < -0.3 is 14.6 Å². The van der Waals surface area contributed by atoms with Crippen LogP contribution in [0.25, 0.3) is 0 Å². The first-order valence-corrected chi connectivity index (χ1v) is 7.08. The molecule has 0 bridgehead atoms. The summed E-state index contributed by atoms with van der Waals surface area (Å²) in [6, 6.07) is 8.72. The van der Waals surface area contributed by atoms with Crippen molar-refractivity contribution in [1.29, 1.82) is 0 Å². The van der Waals surface area contributed by atoms with Crippen LogP contribution in [0.2, 0.25) is 0 Å². The Bertz CT molecular complexity index is 712. The lowest BCUT2D eigenvalue weighted by Gasteiger charge is -2.18. The summed E-state index contributed by atoms with van der Waals surface area (Å²) >= 11 is 3.39. The smallest absolute Gasteiger partial charge is 0.260 e. The average molecular weight is 351 g/mol. The molecule has 0 saturated carbocycles. The van der Waals surface area contributed by atoms with E-state index >= 15 is 0 Å². The van der Waals surface area contributed by atoms with Gasteiger partial charge in [-0.15, -0.1) is 0 Å². The molecule has 2 aromatic rings. The Kier molecular flexibility index (Phi) is 4.80. The third kappa shape index (κ3) is 3.52. The van der Waals surface area contributed by atoms with Crippen LogP contribution in [-0.4, -0.2) is 29.9 Å². The summed E-state index contributed by atoms with van der Waals surface area (Å²) in [5.74, 6) is 0.360. The zero-order valence-corrected chi connectivity index (χ0v) is 13.3. The van der Waals surface area contributed by atoms with Crippen LogP contribution in [0.1, 0.15) is 15.9 Å². The van der Waals surface area contributed by atoms with Crippen LogP contribution in [0.5, 0.6) is 5.75 Å². The number of amides is 1. The molecule has 1 amide bonds. The number of benzene rings is 1. The normalized spacial score (nSPS) is 10.2. The number of aromatic amines is 1. The van der Waals surface area contributed by atoms with Gasteiger partial charge in [-0.2, -0.15) is 0 Å². The van der Waals surface area contributed by atoms with Crippen LogP contribution in [0.15, 0.2) is 45.8 Å². The lowest BCUT2D eigenvalue weighted by Crippen LogP contribution is -2.31. The van der Waals surface area contributed by atoms with Gasteiger partial charge in [0, 0.05) is 29.8 Å². The number of rotatable bonds is 4. The number of aromatic nitrogens is 1. The molecular weight excluding hydrogens is 336 g/mol. The highest BCUT2D eigenvalue weighted by Crippen LogP contribution is 2.24. The van der Waals surface area contributed by atoms with E-state index in [1.807, 2.05) is 18.2 Å². The van der Waals surface area contributed by atoms with E-state index < -0.39 is 5.56 Å². The molecule has 2 rings (SSSR count). The summed E-state index contributed by atoms with van der Waals surface area (Å²) in [4.78, 5) is 27.9. The number of pyridine rings is 1. The molecule has 0 saturated heterocycles. The molecule has 6 heteroatoms. The quantitative estimate of drug-likeness (QED) is 0.920. The third-order valence-electron chi connectivity index (χ3n) is 3.05. The largest absolute Gasteiger partial charge is 0.496 e. The van der Waals surface area contributed by atoms with E-state index in [9.17, 15) is 9.59 Å². The van der Waals surface area contributed by atoms with Crippen molar-refractivity contribution in [3.8, 4) is 5.75 Å². The highest BCUT2D eigenvalue weighted by molar-refractivity contribution is 9.10. The maximum atomic E-state index is 12.3.